The first kappa shape index (κ1) is 20.6. The predicted molar refractivity (Wildman–Crippen MR) is 106 cm³/mol. The van der Waals surface area contributed by atoms with Gasteiger partial charge in [0.1, 0.15) is 4.90 Å². The van der Waals surface area contributed by atoms with Crippen molar-refractivity contribution in [2.24, 2.45) is 0 Å². The highest BCUT2D eigenvalue weighted by molar-refractivity contribution is 7.89. The largest absolute Gasteiger partial charge is 0.339 e. The highest BCUT2D eigenvalue weighted by Crippen LogP contribution is 2.25. The molecule has 2 fully saturated rings. The van der Waals surface area contributed by atoms with Gasteiger partial charge >= 0.3 is 0 Å². The number of benzene rings is 1. The average molecular weight is 414 g/mol. The molecule has 2 aliphatic heterocycles. The Kier molecular flexibility index (Phi) is 7.14. The molecular weight excluding hydrogens is 386 g/mol. The molecule has 0 radical (unpaired) electrons. The molecule has 27 heavy (non-hydrogen) atoms. The highest BCUT2D eigenvalue weighted by Gasteiger charge is 2.31. The summed E-state index contributed by atoms with van der Waals surface area (Å²) in [4.78, 5) is 16.8. The fraction of sp³-hybridized carbons (Fsp3) is 0.632. The van der Waals surface area contributed by atoms with Gasteiger partial charge in [0.2, 0.25) is 15.9 Å². The van der Waals surface area contributed by atoms with E-state index in [1.54, 1.807) is 23.1 Å². The number of halogens is 1. The van der Waals surface area contributed by atoms with E-state index in [4.69, 9.17) is 11.6 Å². The number of hydrogen-bond acceptors (Lipinski definition) is 4. The molecule has 0 atom stereocenters. The first-order valence-electron chi connectivity index (χ1n) is 9.73. The number of carbonyl (C=O) groups excluding carboxylic acids is 1. The first-order valence-corrected chi connectivity index (χ1v) is 11.5. The van der Waals surface area contributed by atoms with Crippen LogP contribution in [-0.4, -0.2) is 74.2 Å². The van der Waals surface area contributed by atoms with Gasteiger partial charge in [-0.15, -0.1) is 0 Å². The van der Waals surface area contributed by atoms with E-state index in [2.05, 4.69) is 4.90 Å². The second-order valence-corrected chi connectivity index (χ2v) is 9.57. The second-order valence-electron chi connectivity index (χ2n) is 7.26. The molecule has 6 nitrogen and oxygen atoms in total. The lowest BCUT2D eigenvalue weighted by molar-refractivity contribution is -0.133. The number of rotatable bonds is 4. The number of piperazine rings is 1. The Hall–Kier alpha value is -1.15. The van der Waals surface area contributed by atoms with Gasteiger partial charge in [-0.3, -0.25) is 9.69 Å². The normalized spacial score (nSPS) is 20.9. The Labute approximate surface area is 167 Å². The van der Waals surface area contributed by atoms with Crippen LogP contribution in [0.3, 0.4) is 0 Å². The summed E-state index contributed by atoms with van der Waals surface area (Å²) >= 11 is 6.06. The van der Waals surface area contributed by atoms with Gasteiger partial charge in [-0.2, -0.15) is 4.31 Å². The molecule has 0 aliphatic carbocycles. The Bertz CT molecular complexity index is 740. The van der Waals surface area contributed by atoms with Crippen LogP contribution >= 0.6 is 11.6 Å². The molecule has 0 spiro atoms. The molecule has 0 aromatic heterocycles. The molecule has 0 bridgehead atoms. The Balaban J connectivity index is 1.55. The molecule has 0 unspecified atom stereocenters. The van der Waals surface area contributed by atoms with E-state index in [1.165, 1.54) is 29.6 Å². The third kappa shape index (κ3) is 5.22. The van der Waals surface area contributed by atoms with Crippen LogP contribution in [0.15, 0.2) is 29.2 Å². The van der Waals surface area contributed by atoms with Crippen LogP contribution in [0.1, 0.15) is 32.1 Å². The van der Waals surface area contributed by atoms with Crippen LogP contribution < -0.4 is 0 Å². The van der Waals surface area contributed by atoms with Gasteiger partial charge in [-0.1, -0.05) is 43.0 Å². The molecule has 1 aromatic carbocycles. The van der Waals surface area contributed by atoms with Gasteiger partial charge in [0.15, 0.2) is 0 Å². The summed E-state index contributed by atoms with van der Waals surface area (Å²) in [5, 5.41) is 0.230. The van der Waals surface area contributed by atoms with Crippen molar-refractivity contribution >= 4 is 27.5 Å². The first-order chi connectivity index (χ1) is 13.0. The van der Waals surface area contributed by atoms with Gasteiger partial charge in [-0.25, -0.2) is 8.42 Å². The van der Waals surface area contributed by atoms with Crippen molar-refractivity contribution in [2.45, 2.75) is 37.0 Å². The predicted octanol–water partition coefficient (Wildman–Crippen LogP) is 2.44. The van der Waals surface area contributed by atoms with E-state index < -0.39 is 10.0 Å². The minimum Gasteiger partial charge on any atom is -0.339 e. The zero-order valence-electron chi connectivity index (χ0n) is 15.6. The SMILES string of the molecule is O=C(CN1CCCCCCC1)N1CCN(S(=O)(=O)c2ccccc2Cl)CC1. The summed E-state index contributed by atoms with van der Waals surface area (Å²) in [7, 11) is -3.62. The fourth-order valence-corrected chi connectivity index (χ4v) is 5.65. The molecule has 150 valence electrons. The maximum atomic E-state index is 12.8. The van der Waals surface area contributed by atoms with Crippen LogP contribution in [-0.2, 0) is 14.8 Å². The zero-order chi connectivity index (χ0) is 19.3. The lowest BCUT2D eigenvalue weighted by atomic mass is 10.1. The summed E-state index contributed by atoms with van der Waals surface area (Å²) in [5.41, 5.74) is 0. The number of sulfonamides is 1. The Morgan fingerprint density at radius 3 is 2.11 bits per heavy atom. The Morgan fingerprint density at radius 1 is 0.889 bits per heavy atom. The maximum Gasteiger partial charge on any atom is 0.244 e. The quantitative estimate of drug-likeness (QED) is 0.760. The third-order valence-electron chi connectivity index (χ3n) is 5.35. The molecule has 3 rings (SSSR count). The van der Waals surface area contributed by atoms with Crippen LogP contribution in [0.4, 0.5) is 0 Å². The monoisotopic (exact) mass is 413 g/mol. The average Bonchev–Trinajstić information content (AvgIpc) is 2.64. The zero-order valence-corrected chi connectivity index (χ0v) is 17.2. The summed E-state index contributed by atoms with van der Waals surface area (Å²) < 4.78 is 27.0. The van der Waals surface area contributed by atoms with Gasteiger partial charge in [0, 0.05) is 26.2 Å². The summed E-state index contributed by atoms with van der Waals surface area (Å²) in [6.07, 6.45) is 6.07. The lowest BCUT2D eigenvalue weighted by Gasteiger charge is -2.35. The van der Waals surface area contributed by atoms with E-state index in [9.17, 15) is 13.2 Å². The van der Waals surface area contributed by atoms with E-state index in [-0.39, 0.29) is 15.8 Å². The molecule has 2 heterocycles. The van der Waals surface area contributed by atoms with E-state index in [1.807, 2.05) is 0 Å². The third-order valence-corrected chi connectivity index (χ3v) is 7.75. The number of hydrogen-bond donors (Lipinski definition) is 0. The summed E-state index contributed by atoms with van der Waals surface area (Å²) in [6, 6.07) is 6.49. The van der Waals surface area contributed by atoms with Crippen molar-refractivity contribution in [1.29, 1.82) is 0 Å². The lowest BCUT2D eigenvalue weighted by Crippen LogP contribution is -2.52. The summed E-state index contributed by atoms with van der Waals surface area (Å²) in [5.74, 6) is 0.102. The second kappa shape index (κ2) is 9.37. The molecular formula is C19H28ClN3O3S. The van der Waals surface area contributed by atoms with E-state index >= 15 is 0 Å². The van der Waals surface area contributed by atoms with Gasteiger partial charge in [-0.05, 0) is 38.1 Å². The van der Waals surface area contributed by atoms with Crippen molar-refractivity contribution in [3.05, 3.63) is 29.3 Å². The molecule has 0 N–H and O–H groups in total. The number of carbonyl (C=O) groups is 1. The van der Waals surface area contributed by atoms with Gasteiger partial charge in [0.25, 0.3) is 0 Å². The van der Waals surface area contributed by atoms with Crippen LogP contribution in [0.2, 0.25) is 5.02 Å². The fourth-order valence-electron chi connectivity index (χ4n) is 3.73. The number of amides is 1. The summed E-state index contributed by atoms with van der Waals surface area (Å²) in [6.45, 7) is 3.86. The van der Waals surface area contributed by atoms with Gasteiger partial charge in [0.05, 0.1) is 11.6 Å². The topological polar surface area (TPSA) is 60.9 Å². The maximum absolute atomic E-state index is 12.8. The van der Waals surface area contributed by atoms with E-state index in [0.29, 0.717) is 32.7 Å². The van der Waals surface area contributed by atoms with E-state index in [0.717, 1.165) is 25.9 Å². The van der Waals surface area contributed by atoms with Crippen molar-refractivity contribution in [2.75, 3.05) is 45.8 Å². The highest BCUT2D eigenvalue weighted by atomic mass is 35.5. The molecule has 2 aliphatic rings. The van der Waals surface area contributed by atoms with Crippen molar-refractivity contribution < 1.29 is 13.2 Å². The number of likely N-dealkylation sites (tertiary alicyclic amines) is 1. The van der Waals surface area contributed by atoms with Gasteiger partial charge < -0.3 is 4.90 Å². The van der Waals surface area contributed by atoms with Crippen LogP contribution in [0.25, 0.3) is 0 Å². The standard InChI is InChI=1S/C19H28ClN3O3S/c20-17-8-4-5-9-18(17)27(25,26)23-14-12-22(13-15-23)19(24)16-21-10-6-2-1-3-7-11-21/h4-5,8-9H,1-3,6-7,10-16H2. The van der Waals surface area contributed by atoms with Crippen molar-refractivity contribution in [3.8, 4) is 0 Å². The van der Waals surface area contributed by atoms with Crippen LogP contribution in [0.5, 0.6) is 0 Å². The van der Waals surface area contributed by atoms with Crippen LogP contribution in [0, 0.1) is 0 Å². The van der Waals surface area contributed by atoms with Crippen molar-refractivity contribution in [3.63, 3.8) is 0 Å². The Morgan fingerprint density at radius 2 is 1.48 bits per heavy atom. The molecule has 8 heteroatoms. The minimum atomic E-state index is -3.62. The van der Waals surface area contributed by atoms with Crippen molar-refractivity contribution in [1.82, 2.24) is 14.1 Å². The molecule has 2 saturated heterocycles. The minimum absolute atomic E-state index is 0.102. The molecule has 1 aromatic rings. The molecule has 1 amide bonds. The molecule has 0 saturated carbocycles. The number of nitrogens with zero attached hydrogens (tertiary/aromatic N) is 3. The smallest absolute Gasteiger partial charge is 0.244 e.